The molecule has 3 aliphatic heterocycles. The molecule has 0 aromatic heterocycles. The first-order chi connectivity index (χ1) is 22.0. The van der Waals surface area contributed by atoms with Gasteiger partial charge >= 0.3 is 6.09 Å². The topological polar surface area (TPSA) is 126 Å². The summed E-state index contributed by atoms with van der Waals surface area (Å²) in [6, 6.07) is 16.4. The molecule has 2 aromatic rings. The van der Waals surface area contributed by atoms with Gasteiger partial charge < -0.3 is 35.6 Å². The summed E-state index contributed by atoms with van der Waals surface area (Å²) in [6.45, 7) is 15.7. The summed E-state index contributed by atoms with van der Waals surface area (Å²) in [5.74, 6) is -1.44. The van der Waals surface area contributed by atoms with Gasteiger partial charge in [0.1, 0.15) is 16.9 Å². The lowest BCUT2D eigenvalue weighted by Gasteiger charge is -2.48. The molecule has 1 saturated heterocycles. The molecule has 1 fully saturated rings. The zero-order valence-corrected chi connectivity index (χ0v) is 29.0. The van der Waals surface area contributed by atoms with Crippen LogP contribution in [0.5, 0.6) is 0 Å². The van der Waals surface area contributed by atoms with Crippen LogP contribution in [0.25, 0.3) is 0 Å². The SMILES string of the molecule is CC1(NC(=O)OC(C)(C)C)CCN(C2NC=C(Sc3cccc(NC(=O)C4=C(O)CN(c5ccccc5)C4=O)c3)N2C(C)(C)C)CC1. The number of para-hydroxylation sites is 1. The normalized spacial score (nSPS) is 20.2. The first-order valence-corrected chi connectivity index (χ1v) is 16.7. The minimum absolute atomic E-state index is 0.0526. The van der Waals surface area contributed by atoms with E-state index in [2.05, 4.69) is 53.4 Å². The Kier molecular flexibility index (Phi) is 9.57. The molecule has 252 valence electrons. The highest BCUT2D eigenvalue weighted by Gasteiger charge is 2.42. The summed E-state index contributed by atoms with van der Waals surface area (Å²) >= 11 is 1.58. The van der Waals surface area contributed by atoms with Crippen LogP contribution in [-0.2, 0) is 14.3 Å². The predicted octanol–water partition coefficient (Wildman–Crippen LogP) is 5.74. The Morgan fingerprint density at radius 3 is 2.34 bits per heavy atom. The number of nitrogens with zero attached hydrogens (tertiary/aromatic N) is 3. The highest BCUT2D eigenvalue weighted by Crippen LogP contribution is 2.39. The molecular formula is C35H46N6O5S. The number of carbonyl (C=O) groups excluding carboxylic acids is 3. The molecule has 0 spiro atoms. The van der Waals surface area contributed by atoms with Crippen molar-refractivity contribution < 1.29 is 24.2 Å². The molecule has 4 N–H and O–H groups in total. The minimum Gasteiger partial charge on any atom is -0.509 e. The molecule has 0 saturated carbocycles. The zero-order valence-electron chi connectivity index (χ0n) is 28.2. The van der Waals surface area contributed by atoms with Gasteiger partial charge in [0, 0.05) is 46.6 Å². The van der Waals surface area contributed by atoms with Crippen molar-refractivity contribution in [1.29, 1.82) is 0 Å². The highest BCUT2D eigenvalue weighted by molar-refractivity contribution is 8.03. The highest BCUT2D eigenvalue weighted by atomic mass is 32.2. The minimum atomic E-state index is -0.649. The smallest absolute Gasteiger partial charge is 0.408 e. The molecule has 5 rings (SSSR count). The third kappa shape index (κ3) is 8.05. The number of anilines is 2. The second-order valence-corrected chi connectivity index (χ2v) is 15.5. The average molecular weight is 663 g/mol. The largest absolute Gasteiger partial charge is 0.509 e. The number of ether oxygens (including phenoxy) is 1. The maximum atomic E-state index is 13.2. The molecule has 3 heterocycles. The number of hydrogen-bond acceptors (Lipinski definition) is 9. The molecule has 0 aliphatic carbocycles. The number of piperidine rings is 1. The fourth-order valence-electron chi connectivity index (χ4n) is 5.95. The van der Waals surface area contributed by atoms with Crippen LogP contribution in [0.2, 0.25) is 0 Å². The monoisotopic (exact) mass is 662 g/mol. The van der Waals surface area contributed by atoms with Gasteiger partial charge in [0.05, 0.1) is 11.6 Å². The van der Waals surface area contributed by atoms with Gasteiger partial charge in [-0.05, 0) is 91.6 Å². The van der Waals surface area contributed by atoms with E-state index in [-0.39, 0.29) is 41.3 Å². The van der Waals surface area contributed by atoms with Gasteiger partial charge in [0.2, 0.25) is 0 Å². The van der Waals surface area contributed by atoms with Crippen LogP contribution >= 0.6 is 11.8 Å². The van der Waals surface area contributed by atoms with Gasteiger partial charge in [0.15, 0.2) is 6.29 Å². The van der Waals surface area contributed by atoms with E-state index in [1.165, 1.54) is 4.90 Å². The van der Waals surface area contributed by atoms with Gasteiger partial charge in [-0.1, -0.05) is 36.0 Å². The van der Waals surface area contributed by atoms with Crippen LogP contribution in [0.1, 0.15) is 61.3 Å². The summed E-state index contributed by atoms with van der Waals surface area (Å²) in [4.78, 5) is 45.8. The Bertz CT molecular complexity index is 1570. The molecule has 11 nitrogen and oxygen atoms in total. The number of nitrogens with one attached hydrogen (secondary N) is 3. The van der Waals surface area contributed by atoms with Crippen molar-refractivity contribution in [3.8, 4) is 0 Å². The molecule has 1 unspecified atom stereocenters. The van der Waals surface area contributed by atoms with Crippen LogP contribution in [0.4, 0.5) is 16.2 Å². The summed E-state index contributed by atoms with van der Waals surface area (Å²) in [7, 11) is 0. The maximum absolute atomic E-state index is 13.2. The molecule has 3 amide bonds. The number of aliphatic hydroxyl groups excluding tert-OH is 1. The van der Waals surface area contributed by atoms with Crippen LogP contribution < -0.4 is 20.9 Å². The van der Waals surface area contributed by atoms with Crippen LogP contribution in [0, 0.1) is 0 Å². The first-order valence-electron chi connectivity index (χ1n) is 15.9. The lowest BCUT2D eigenvalue weighted by molar-refractivity contribution is -0.119. The number of benzene rings is 2. The molecular weight excluding hydrogens is 616 g/mol. The Labute approximate surface area is 281 Å². The zero-order chi connectivity index (χ0) is 34.1. The molecule has 0 radical (unpaired) electrons. The lowest BCUT2D eigenvalue weighted by atomic mass is 9.89. The molecule has 0 bridgehead atoms. The summed E-state index contributed by atoms with van der Waals surface area (Å²) < 4.78 is 5.50. The van der Waals surface area contributed by atoms with Crippen molar-refractivity contribution in [3.63, 3.8) is 0 Å². The maximum Gasteiger partial charge on any atom is 0.408 e. The van der Waals surface area contributed by atoms with Crippen LogP contribution in [0.15, 0.2) is 82.1 Å². The standard InChI is InChI=1S/C35H46N6O5S/c1-33(2,3)41-27(21-36-31(41)39-18-16-35(7,17-19-39)38-32(45)46-34(4,5)6)47-25-15-11-12-23(20-25)37-29(43)28-26(42)22-40(30(28)44)24-13-9-8-10-14-24/h8-15,20-21,31,36,42H,16-19,22H2,1-7H3,(H,37,43)(H,38,45). The number of thioether (sulfide) groups is 1. The quantitative estimate of drug-likeness (QED) is 0.275. The van der Waals surface area contributed by atoms with Crippen molar-refractivity contribution in [1.82, 2.24) is 20.4 Å². The molecule has 2 aromatic carbocycles. The van der Waals surface area contributed by atoms with Crippen molar-refractivity contribution in [2.45, 2.75) is 89.2 Å². The third-order valence-corrected chi connectivity index (χ3v) is 9.29. The lowest BCUT2D eigenvalue weighted by Crippen LogP contribution is -2.62. The van der Waals surface area contributed by atoms with Crippen molar-refractivity contribution in [2.24, 2.45) is 0 Å². The van der Waals surface area contributed by atoms with E-state index in [4.69, 9.17) is 4.74 Å². The summed E-state index contributed by atoms with van der Waals surface area (Å²) in [5.41, 5.74) is -0.240. The van der Waals surface area contributed by atoms with Gasteiger partial charge in [0.25, 0.3) is 11.8 Å². The van der Waals surface area contributed by atoms with E-state index < -0.39 is 17.4 Å². The van der Waals surface area contributed by atoms with E-state index in [1.54, 1.807) is 42.1 Å². The first kappa shape index (κ1) is 34.2. The number of likely N-dealkylation sites (tertiary alicyclic amines) is 1. The molecule has 3 aliphatic rings. The number of alkyl carbamates (subject to hydrolysis) is 1. The van der Waals surface area contributed by atoms with Crippen molar-refractivity contribution in [3.05, 3.63) is 77.2 Å². The average Bonchev–Trinajstić information content (AvgIpc) is 3.53. The van der Waals surface area contributed by atoms with Gasteiger partial charge in [-0.2, -0.15) is 0 Å². The second kappa shape index (κ2) is 13.2. The van der Waals surface area contributed by atoms with Crippen LogP contribution in [0.3, 0.4) is 0 Å². The van der Waals surface area contributed by atoms with E-state index in [0.29, 0.717) is 11.4 Å². The third-order valence-electron chi connectivity index (χ3n) is 8.28. The van der Waals surface area contributed by atoms with Crippen molar-refractivity contribution in [2.75, 3.05) is 29.9 Å². The molecule has 47 heavy (non-hydrogen) atoms. The number of hydrogen-bond donors (Lipinski definition) is 4. The van der Waals surface area contributed by atoms with Crippen molar-refractivity contribution >= 4 is 41.0 Å². The van der Waals surface area contributed by atoms with Gasteiger partial charge in [-0.3, -0.25) is 14.5 Å². The Hall–Kier alpha value is -4.16. The Morgan fingerprint density at radius 1 is 1.02 bits per heavy atom. The fraction of sp³-hybridized carbons (Fsp3) is 0.457. The molecule has 1 atom stereocenters. The Morgan fingerprint density at radius 2 is 1.70 bits per heavy atom. The van der Waals surface area contributed by atoms with Gasteiger partial charge in [-0.25, -0.2) is 4.79 Å². The van der Waals surface area contributed by atoms with Crippen LogP contribution in [-0.4, -0.2) is 75.4 Å². The number of amides is 3. The van der Waals surface area contributed by atoms with Gasteiger partial charge in [-0.15, -0.1) is 0 Å². The number of carbonyl (C=O) groups is 3. The Balaban J connectivity index is 1.22. The number of aliphatic hydroxyl groups is 1. The summed E-state index contributed by atoms with van der Waals surface area (Å²) in [6.07, 6.45) is 3.13. The van der Waals surface area contributed by atoms with E-state index in [1.807, 2.05) is 51.2 Å². The number of rotatable bonds is 7. The summed E-state index contributed by atoms with van der Waals surface area (Å²) in [5, 5.41) is 21.0. The van der Waals surface area contributed by atoms with E-state index >= 15 is 0 Å². The fourth-order valence-corrected chi connectivity index (χ4v) is 7.12. The van der Waals surface area contributed by atoms with E-state index in [9.17, 15) is 19.5 Å². The predicted molar refractivity (Wildman–Crippen MR) is 185 cm³/mol. The van der Waals surface area contributed by atoms with E-state index in [0.717, 1.165) is 35.9 Å². The second-order valence-electron chi connectivity index (χ2n) is 14.4. The molecule has 12 heteroatoms.